The molecule has 0 saturated carbocycles. The molecular formula is C10H21NO2. The van der Waals surface area contributed by atoms with E-state index < -0.39 is 11.5 Å². The Labute approximate surface area is 80.3 Å². The highest BCUT2D eigenvalue weighted by Gasteiger charge is 2.42. The molecule has 0 saturated heterocycles. The number of hydrogen-bond donors (Lipinski definition) is 2. The van der Waals surface area contributed by atoms with Crippen LogP contribution < -0.4 is 5.73 Å². The van der Waals surface area contributed by atoms with Crippen LogP contribution in [-0.4, -0.2) is 16.6 Å². The normalized spacial score (nSPS) is 17.2. The molecule has 3 heteroatoms. The lowest BCUT2D eigenvalue weighted by molar-refractivity contribution is -0.141. The first-order valence-electron chi connectivity index (χ1n) is 4.62. The fourth-order valence-corrected chi connectivity index (χ4v) is 1.49. The molecule has 0 aromatic heterocycles. The highest BCUT2D eigenvalue weighted by molar-refractivity contribution is 5.68. The lowest BCUT2D eigenvalue weighted by Crippen LogP contribution is -2.53. The summed E-state index contributed by atoms with van der Waals surface area (Å²) < 4.78 is 0. The summed E-state index contributed by atoms with van der Waals surface area (Å²) in [5.74, 6) is -0.529. The summed E-state index contributed by atoms with van der Waals surface area (Å²) in [6, 6.07) is 0. The molecule has 0 spiro atoms. The van der Waals surface area contributed by atoms with Crippen molar-refractivity contribution >= 4 is 5.97 Å². The Morgan fingerprint density at radius 2 is 1.77 bits per heavy atom. The highest BCUT2D eigenvalue weighted by atomic mass is 16.4. The quantitative estimate of drug-likeness (QED) is 0.706. The van der Waals surface area contributed by atoms with Crippen LogP contribution >= 0.6 is 0 Å². The van der Waals surface area contributed by atoms with Crippen LogP contribution in [0.5, 0.6) is 0 Å². The molecule has 0 aliphatic rings. The predicted molar refractivity (Wildman–Crippen MR) is 53.5 cm³/mol. The minimum absolute atomic E-state index is 0.119. The van der Waals surface area contributed by atoms with E-state index in [0.29, 0.717) is 0 Å². The van der Waals surface area contributed by atoms with Crippen LogP contribution in [0.3, 0.4) is 0 Å². The van der Waals surface area contributed by atoms with E-state index in [0.717, 1.165) is 0 Å². The molecule has 1 unspecified atom stereocenters. The van der Waals surface area contributed by atoms with Crippen LogP contribution in [0.25, 0.3) is 0 Å². The van der Waals surface area contributed by atoms with Gasteiger partial charge in [-0.3, -0.25) is 4.79 Å². The van der Waals surface area contributed by atoms with E-state index in [4.69, 9.17) is 10.8 Å². The van der Waals surface area contributed by atoms with Gasteiger partial charge in [0.05, 0.1) is 6.42 Å². The Balaban J connectivity index is 4.85. The van der Waals surface area contributed by atoms with Gasteiger partial charge < -0.3 is 10.8 Å². The Hall–Kier alpha value is -0.570. The van der Waals surface area contributed by atoms with Gasteiger partial charge in [0.25, 0.3) is 0 Å². The molecule has 0 rings (SSSR count). The van der Waals surface area contributed by atoms with Crippen molar-refractivity contribution in [3.63, 3.8) is 0 Å². The second-order valence-electron chi connectivity index (χ2n) is 4.86. The van der Waals surface area contributed by atoms with Crippen molar-refractivity contribution < 1.29 is 9.90 Å². The monoisotopic (exact) mass is 187 g/mol. The summed E-state index contributed by atoms with van der Waals surface area (Å²) in [5.41, 5.74) is 5.16. The minimum Gasteiger partial charge on any atom is -0.481 e. The molecule has 0 aliphatic heterocycles. The molecule has 0 bridgehead atoms. The third kappa shape index (κ3) is 2.69. The summed E-state index contributed by atoms with van der Waals surface area (Å²) >= 11 is 0. The van der Waals surface area contributed by atoms with Gasteiger partial charge in [0.1, 0.15) is 0 Å². The van der Waals surface area contributed by atoms with E-state index in [1.54, 1.807) is 0 Å². The number of carbonyl (C=O) groups is 1. The van der Waals surface area contributed by atoms with Crippen molar-refractivity contribution in [3.8, 4) is 0 Å². The van der Waals surface area contributed by atoms with Crippen molar-refractivity contribution in [2.45, 2.75) is 46.6 Å². The number of nitrogens with two attached hydrogens (primary N) is 1. The van der Waals surface area contributed by atoms with E-state index in [1.807, 2.05) is 34.6 Å². The van der Waals surface area contributed by atoms with Crippen LogP contribution in [0.1, 0.15) is 41.0 Å². The van der Waals surface area contributed by atoms with Crippen LogP contribution in [0.2, 0.25) is 0 Å². The maximum absolute atomic E-state index is 10.7. The summed E-state index contributed by atoms with van der Waals surface area (Å²) in [5, 5.41) is 8.81. The lowest BCUT2D eigenvalue weighted by atomic mass is 9.64. The van der Waals surface area contributed by atoms with E-state index in [-0.39, 0.29) is 17.8 Å². The zero-order valence-electron chi connectivity index (χ0n) is 9.22. The topological polar surface area (TPSA) is 63.3 Å². The van der Waals surface area contributed by atoms with E-state index in [2.05, 4.69) is 0 Å². The van der Waals surface area contributed by atoms with E-state index >= 15 is 0 Å². The summed E-state index contributed by atoms with van der Waals surface area (Å²) in [4.78, 5) is 10.7. The Morgan fingerprint density at radius 3 is 1.85 bits per heavy atom. The average molecular weight is 187 g/mol. The number of carboxylic acids is 1. The zero-order chi connectivity index (χ0) is 10.9. The third-order valence-corrected chi connectivity index (χ3v) is 3.26. The van der Waals surface area contributed by atoms with Gasteiger partial charge in [-0.15, -0.1) is 0 Å². The minimum atomic E-state index is -0.783. The Bertz CT molecular complexity index is 194. The first-order chi connectivity index (χ1) is 5.61. The number of aliphatic carboxylic acids is 1. The predicted octanol–water partition coefficient (Wildman–Crippen LogP) is 1.86. The molecule has 78 valence electrons. The number of hydrogen-bond acceptors (Lipinski definition) is 2. The van der Waals surface area contributed by atoms with Crippen molar-refractivity contribution in [2.75, 3.05) is 0 Å². The second kappa shape index (κ2) is 3.66. The highest BCUT2D eigenvalue weighted by Crippen LogP contribution is 2.39. The van der Waals surface area contributed by atoms with Gasteiger partial charge in [-0.05, 0) is 25.2 Å². The number of rotatable bonds is 4. The SMILES string of the molecule is CC(C)C(C)(CC(=O)O)C(C)(C)N. The molecule has 3 nitrogen and oxygen atoms in total. The van der Waals surface area contributed by atoms with Gasteiger partial charge in [0.15, 0.2) is 0 Å². The Kier molecular flexibility index (Phi) is 3.50. The first-order valence-corrected chi connectivity index (χ1v) is 4.62. The third-order valence-electron chi connectivity index (χ3n) is 3.26. The number of carboxylic acid groups (broad SMARTS) is 1. The summed E-state index contributed by atoms with van der Waals surface area (Å²) in [6.45, 7) is 9.73. The maximum atomic E-state index is 10.7. The average Bonchev–Trinajstić information content (AvgIpc) is 1.82. The van der Waals surface area contributed by atoms with Crippen molar-refractivity contribution in [3.05, 3.63) is 0 Å². The molecule has 0 aromatic carbocycles. The van der Waals surface area contributed by atoms with Crippen LogP contribution in [-0.2, 0) is 4.79 Å². The van der Waals surface area contributed by atoms with Crippen molar-refractivity contribution in [2.24, 2.45) is 17.1 Å². The molecule has 3 N–H and O–H groups in total. The molecule has 0 fully saturated rings. The van der Waals surface area contributed by atoms with Gasteiger partial charge in [0, 0.05) is 5.54 Å². The van der Waals surface area contributed by atoms with Gasteiger partial charge >= 0.3 is 5.97 Å². The molecule has 0 aromatic rings. The standard InChI is InChI=1S/C10H21NO2/c1-7(2)10(5,6-8(12)13)9(3,4)11/h7H,6,11H2,1-5H3,(H,12,13). The molecule has 0 amide bonds. The molecule has 0 aliphatic carbocycles. The molecular weight excluding hydrogens is 166 g/mol. The lowest BCUT2D eigenvalue weighted by Gasteiger charge is -2.44. The summed E-state index contributed by atoms with van der Waals surface area (Å²) in [6.07, 6.45) is 0.119. The fourth-order valence-electron chi connectivity index (χ4n) is 1.49. The molecule has 1 atom stereocenters. The van der Waals surface area contributed by atoms with Gasteiger partial charge in [-0.25, -0.2) is 0 Å². The molecule has 0 radical (unpaired) electrons. The van der Waals surface area contributed by atoms with E-state index in [9.17, 15) is 4.79 Å². The van der Waals surface area contributed by atoms with Crippen LogP contribution in [0, 0.1) is 11.3 Å². The van der Waals surface area contributed by atoms with Crippen molar-refractivity contribution in [1.82, 2.24) is 0 Å². The van der Waals surface area contributed by atoms with Gasteiger partial charge in [0.2, 0.25) is 0 Å². The summed E-state index contributed by atoms with van der Waals surface area (Å²) in [7, 11) is 0. The van der Waals surface area contributed by atoms with Crippen LogP contribution in [0.15, 0.2) is 0 Å². The van der Waals surface area contributed by atoms with Crippen molar-refractivity contribution in [1.29, 1.82) is 0 Å². The second-order valence-corrected chi connectivity index (χ2v) is 4.86. The fraction of sp³-hybridized carbons (Fsp3) is 0.900. The van der Waals surface area contributed by atoms with Gasteiger partial charge in [-0.1, -0.05) is 20.8 Å². The maximum Gasteiger partial charge on any atom is 0.303 e. The smallest absolute Gasteiger partial charge is 0.303 e. The Morgan fingerprint density at radius 1 is 1.38 bits per heavy atom. The molecule has 0 heterocycles. The van der Waals surface area contributed by atoms with Crippen LogP contribution in [0.4, 0.5) is 0 Å². The largest absolute Gasteiger partial charge is 0.481 e. The first kappa shape index (κ1) is 12.4. The molecule has 13 heavy (non-hydrogen) atoms. The zero-order valence-corrected chi connectivity index (χ0v) is 9.22. The van der Waals surface area contributed by atoms with E-state index in [1.165, 1.54) is 0 Å². The van der Waals surface area contributed by atoms with Gasteiger partial charge in [-0.2, -0.15) is 0 Å².